The maximum atomic E-state index is 11.2. The predicted molar refractivity (Wildman–Crippen MR) is 145 cm³/mol. The SMILES string of the molecule is COc1cc2nc(-c3ccc(OCc4ccccc4)cc3)nc(N)c2cc1OCCNCCS(C)(=O)=O. The van der Waals surface area contributed by atoms with Crippen LogP contribution in [0.25, 0.3) is 22.3 Å². The topological polar surface area (TPSA) is 126 Å². The number of nitrogens with one attached hydrogen (secondary N) is 1. The Kier molecular flexibility index (Phi) is 8.42. The second kappa shape index (κ2) is 11.9. The van der Waals surface area contributed by atoms with Crippen LogP contribution in [0.15, 0.2) is 66.7 Å². The molecule has 0 aliphatic heterocycles. The Morgan fingerprint density at radius 1 is 0.919 bits per heavy atom. The summed E-state index contributed by atoms with van der Waals surface area (Å²) in [6, 6.07) is 21.0. The molecule has 3 aromatic carbocycles. The molecule has 0 fully saturated rings. The Bertz CT molecular complexity index is 1450. The number of ether oxygens (including phenoxy) is 3. The minimum Gasteiger partial charge on any atom is -0.493 e. The zero-order valence-electron chi connectivity index (χ0n) is 20.8. The molecule has 0 saturated heterocycles. The molecule has 0 atom stereocenters. The van der Waals surface area contributed by atoms with Crippen LogP contribution in [0.5, 0.6) is 17.2 Å². The zero-order chi connectivity index (χ0) is 26.3. The minimum atomic E-state index is -3.00. The van der Waals surface area contributed by atoms with E-state index in [1.54, 1.807) is 19.2 Å². The van der Waals surface area contributed by atoms with Gasteiger partial charge in [-0.25, -0.2) is 18.4 Å². The van der Waals surface area contributed by atoms with Crippen molar-refractivity contribution < 1.29 is 22.6 Å². The van der Waals surface area contributed by atoms with E-state index in [1.807, 2.05) is 54.6 Å². The predicted octanol–water partition coefficient (Wildman–Crippen LogP) is 3.48. The zero-order valence-corrected chi connectivity index (χ0v) is 21.6. The summed E-state index contributed by atoms with van der Waals surface area (Å²) in [5, 5.41) is 3.69. The molecular formula is C27H30N4O5S. The van der Waals surface area contributed by atoms with Gasteiger partial charge in [0, 0.05) is 36.4 Å². The first kappa shape index (κ1) is 26.2. The van der Waals surface area contributed by atoms with Crippen molar-refractivity contribution in [2.75, 3.05) is 44.5 Å². The average Bonchev–Trinajstić information content (AvgIpc) is 2.89. The van der Waals surface area contributed by atoms with E-state index in [4.69, 9.17) is 19.9 Å². The van der Waals surface area contributed by atoms with Crippen LogP contribution >= 0.6 is 0 Å². The number of sulfone groups is 1. The van der Waals surface area contributed by atoms with Gasteiger partial charge in [0.15, 0.2) is 17.3 Å². The number of benzene rings is 3. The molecular weight excluding hydrogens is 492 g/mol. The van der Waals surface area contributed by atoms with Crippen molar-refractivity contribution in [1.29, 1.82) is 0 Å². The summed E-state index contributed by atoms with van der Waals surface area (Å²) in [6.45, 7) is 1.65. The number of hydrogen-bond donors (Lipinski definition) is 2. The van der Waals surface area contributed by atoms with Crippen molar-refractivity contribution in [1.82, 2.24) is 15.3 Å². The van der Waals surface area contributed by atoms with Crippen LogP contribution in [-0.2, 0) is 16.4 Å². The first-order valence-electron chi connectivity index (χ1n) is 11.8. The normalized spacial score (nSPS) is 11.4. The lowest BCUT2D eigenvalue weighted by atomic mass is 10.1. The summed E-state index contributed by atoms with van der Waals surface area (Å²) in [4.78, 5) is 9.18. The van der Waals surface area contributed by atoms with E-state index in [2.05, 4.69) is 15.3 Å². The quantitative estimate of drug-likeness (QED) is 0.269. The summed E-state index contributed by atoms with van der Waals surface area (Å²) < 4.78 is 39.6. The third-order valence-corrected chi connectivity index (χ3v) is 6.50. The summed E-state index contributed by atoms with van der Waals surface area (Å²) in [5.41, 5.74) is 8.82. The third-order valence-electron chi connectivity index (χ3n) is 5.56. The van der Waals surface area contributed by atoms with Gasteiger partial charge in [-0.1, -0.05) is 30.3 Å². The third kappa shape index (κ3) is 7.31. The lowest BCUT2D eigenvalue weighted by molar-refractivity contribution is 0.294. The minimum absolute atomic E-state index is 0.0753. The van der Waals surface area contributed by atoms with Crippen LogP contribution in [0.4, 0.5) is 5.82 Å². The van der Waals surface area contributed by atoms with Gasteiger partial charge in [-0.3, -0.25) is 0 Å². The van der Waals surface area contributed by atoms with Crippen LogP contribution in [0.2, 0.25) is 0 Å². The number of rotatable bonds is 12. The summed E-state index contributed by atoms with van der Waals surface area (Å²) in [7, 11) is -1.45. The maximum Gasteiger partial charge on any atom is 0.162 e. The van der Waals surface area contributed by atoms with Crippen molar-refractivity contribution in [3.05, 3.63) is 72.3 Å². The Balaban J connectivity index is 1.44. The van der Waals surface area contributed by atoms with E-state index in [1.165, 1.54) is 6.26 Å². The highest BCUT2D eigenvalue weighted by Crippen LogP contribution is 2.34. The Morgan fingerprint density at radius 2 is 1.68 bits per heavy atom. The summed E-state index contributed by atoms with van der Waals surface area (Å²) in [5.74, 6) is 2.65. The molecule has 1 aromatic heterocycles. The van der Waals surface area contributed by atoms with E-state index in [-0.39, 0.29) is 5.75 Å². The molecule has 0 amide bonds. The molecule has 1 heterocycles. The van der Waals surface area contributed by atoms with Crippen molar-refractivity contribution in [3.8, 4) is 28.6 Å². The number of nitrogens with zero attached hydrogens (tertiary/aromatic N) is 2. The van der Waals surface area contributed by atoms with Gasteiger partial charge in [-0.15, -0.1) is 0 Å². The van der Waals surface area contributed by atoms with E-state index in [0.717, 1.165) is 16.9 Å². The highest BCUT2D eigenvalue weighted by molar-refractivity contribution is 7.90. The monoisotopic (exact) mass is 522 g/mol. The van der Waals surface area contributed by atoms with E-state index >= 15 is 0 Å². The van der Waals surface area contributed by atoms with Crippen molar-refractivity contribution in [2.24, 2.45) is 0 Å². The standard InChI is InChI=1S/C27H30N4O5S/c1-34-24-17-23-22(16-25(24)35-14-12-29-13-15-37(2,32)33)26(28)31-27(30-23)20-8-10-21(11-9-20)36-18-19-6-4-3-5-7-19/h3-11,16-17,29H,12-15,18H2,1-2H3,(H2,28,30,31). The molecule has 0 unspecified atom stereocenters. The van der Waals surface area contributed by atoms with E-state index in [0.29, 0.717) is 60.3 Å². The van der Waals surface area contributed by atoms with Crippen LogP contribution in [0, 0.1) is 0 Å². The molecule has 0 radical (unpaired) electrons. The van der Waals surface area contributed by atoms with Crippen molar-refractivity contribution in [2.45, 2.75) is 6.61 Å². The van der Waals surface area contributed by atoms with Gasteiger partial charge >= 0.3 is 0 Å². The molecule has 4 aromatic rings. The van der Waals surface area contributed by atoms with E-state index in [9.17, 15) is 8.42 Å². The number of hydrogen-bond acceptors (Lipinski definition) is 9. The number of aromatic nitrogens is 2. The Labute approximate surface area is 216 Å². The van der Waals surface area contributed by atoms with Gasteiger partial charge in [0.05, 0.1) is 18.4 Å². The molecule has 0 saturated carbocycles. The number of methoxy groups -OCH3 is 1. The number of fused-ring (bicyclic) bond motifs is 1. The first-order valence-corrected chi connectivity index (χ1v) is 13.8. The van der Waals surface area contributed by atoms with E-state index < -0.39 is 9.84 Å². The van der Waals surface area contributed by atoms with Crippen LogP contribution in [-0.4, -0.2) is 57.2 Å². The Hall–Kier alpha value is -3.89. The number of nitrogen functional groups attached to an aromatic ring is 1. The molecule has 37 heavy (non-hydrogen) atoms. The fraction of sp³-hybridized carbons (Fsp3) is 0.259. The lowest BCUT2D eigenvalue weighted by Crippen LogP contribution is -2.26. The molecule has 4 rings (SSSR count). The van der Waals surface area contributed by atoms with Gasteiger partial charge in [0.2, 0.25) is 0 Å². The maximum absolute atomic E-state index is 11.2. The van der Waals surface area contributed by atoms with Gasteiger partial charge in [0.1, 0.15) is 34.6 Å². The van der Waals surface area contributed by atoms with Crippen LogP contribution in [0.1, 0.15) is 5.56 Å². The molecule has 3 N–H and O–H groups in total. The highest BCUT2D eigenvalue weighted by Gasteiger charge is 2.14. The van der Waals surface area contributed by atoms with Gasteiger partial charge in [-0.2, -0.15) is 0 Å². The fourth-order valence-corrected chi connectivity index (χ4v) is 4.13. The second-order valence-electron chi connectivity index (χ2n) is 8.48. The van der Waals surface area contributed by atoms with Crippen molar-refractivity contribution in [3.63, 3.8) is 0 Å². The molecule has 0 spiro atoms. The Morgan fingerprint density at radius 3 is 2.38 bits per heavy atom. The smallest absolute Gasteiger partial charge is 0.162 e. The van der Waals surface area contributed by atoms with Gasteiger partial charge < -0.3 is 25.3 Å². The van der Waals surface area contributed by atoms with Crippen LogP contribution < -0.4 is 25.3 Å². The molecule has 0 aliphatic carbocycles. The average molecular weight is 523 g/mol. The van der Waals surface area contributed by atoms with Crippen molar-refractivity contribution >= 4 is 26.6 Å². The van der Waals surface area contributed by atoms with Gasteiger partial charge in [-0.05, 0) is 35.9 Å². The van der Waals surface area contributed by atoms with Crippen LogP contribution in [0.3, 0.4) is 0 Å². The molecule has 0 aliphatic rings. The first-order chi connectivity index (χ1) is 17.8. The fourth-order valence-electron chi connectivity index (χ4n) is 3.62. The van der Waals surface area contributed by atoms with Gasteiger partial charge in [0.25, 0.3) is 0 Å². The second-order valence-corrected chi connectivity index (χ2v) is 10.7. The largest absolute Gasteiger partial charge is 0.493 e. The molecule has 0 bridgehead atoms. The number of anilines is 1. The highest BCUT2D eigenvalue weighted by atomic mass is 32.2. The molecule has 194 valence electrons. The lowest BCUT2D eigenvalue weighted by Gasteiger charge is -2.14. The molecule has 10 heteroatoms. The summed E-state index contributed by atoms with van der Waals surface area (Å²) >= 11 is 0. The molecule has 9 nitrogen and oxygen atoms in total. The summed E-state index contributed by atoms with van der Waals surface area (Å²) in [6.07, 6.45) is 1.21. The number of nitrogens with two attached hydrogens (primary N) is 1.